The van der Waals surface area contributed by atoms with Crippen LogP contribution in [-0.4, -0.2) is 54.6 Å². The van der Waals surface area contributed by atoms with Crippen LogP contribution in [-0.2, 0) is 23.4 Å². The predicted molar refractivity (Wildman–Crippen MR) is 100 cm³/mol. The van der Waals surface area contributed by atoms with Crippen LogP contribution in [0.15, 0.2) is 17.3 Å². The first-order valence-electron chi connectivity index (χ1n) is 8.73. The van der Waals surface area contributed by atoms with E-state index in [1.165, 1.54) is 12.5 Å². The van der Waals surface area contributed by atoms with Crippen LogP contribution in [0.25, 0.3) is 0 Å². The Morgan fingerprint density at radius 1 is 1.38 bits per heavy atom. The molecule has 8 nitrogen and oxygen atoms in total. The maximum absolute atomic E-state index is 12.2. The van der Waals surface area contributed by atoms with E-state index >= 15 is 0 Å². The zero-order valence-corrected chi connectivity index (χ0v) is 16.5. The van der Waals surface area contributed by atoms with Crippen molar-refractivity contribution in [1.29, 1.82) is 0 Å². The van der Waals surface area contributed by atoms with Gasteiger partial charge in [0.15, 0.2) is 9.84 Å². The highest BCUT2D eigenvalue weighted by Crippen LogP contribution is 2.28. The molecule has 0 aromatic carbocycles. The summed E-state index contributed by atoms with van der Waals surface area (Å²) >= 11 is 0. The van der Waals surface area contributed by atoms with E-state index in [0.717, 1.165) is 37.2 Å². The second-order valence-electron chi connectivity index (χ2n) is 6.97. The van der Waals surface area contributed by atoms with Crippen LogP contribution >= 0.6 is 0 Å². The standard InChI is InChI=1S/C17H26N6O2S/c1-12-14(9-20-23(12)3)11-22(2)17-19-10-15(26(4,24)25)16(21-17)13-6-5-7-18-8-13/h9-10,13,18H,5-8,11H2,1-4H3/t13-/m1/s1. The van der Waals surface area contributed by atoms with E-state index in [0.29, 0.717) is 18.2 Å². The summed E-state index contributed by atoms with van der Waals surface area (Å²) in [4.78, 5) is 11.1. The Balaban J connectivity index is 1.93. The molecular weight excluding hydrogens is 352 g/mol. The highest BCUT2D eigenvalue weighted by Gasteiger charge is 2.26. The third-order valence-electron chi connectivity index (χ3n) is 4.94. The molecule has 1 N–H and O–H groups in total. The van der Waals surface area contributed by atoms with Crippen LogP contribution in [0.4, 0.5) is 5.95 Å². The number of nitrogens with one attached hydrogen (secondary N) is 1. The topological polar surface area (TPSA) is 93.0 Å². The van der Waals surface area contributed by atoms with Crippen molar-refractivity contribution in [2.75, 3.05) is 31.3 Å². The van der Waals surface area contributed by atoms with Crippen molar-refractivity contribution in [3.8, 4) is 0 Å². The molecule has 1 aliphatic rings. The number of piperidine rings is 1. The van der Waals surface area contributed by atoms with E-state index in [9.17, 15) is 8.42 Å². The van der Waals surface area contributed by atoms with Crippen LogP contribution in [0.5, 0.6) is 0 Å². The molecule has 1 saturated heterocycles. The predicted octanol–water partition coefficient (Wildman–Crippen LogP) is 1.03. The largest absolute Gasteiger partial charge is 0.339 e. The molecule has 142 valence electrons. The van der Waals surface area contributed by atoms with Gasteiger partial charge < -0.3 is 10.2 Å². The molecule has 9 heteroatoms. The van der Waals surface area contributed by atoms with Gasteiger partial charge in [-0.2, -0.15) is 5.10 Å². The van der Waals surface area contributed by atoms with Gasteiger partial charge >= 0.3 is 0 Å². The summed E-state index contributed by atoms with van der Waals surface area (Å²) in [6.45, 7) is 4.33. The second kappa shape index (κ2) is 7.32. The third-order valence-corrected chi connectivity index (χ3v) is 6.05. The van der Waals surface area contributed by atoms with Gasteiger partial charge in [-0.1, -0.05) is 0 Å². The minimum absolute atomic E-state index is 0.0868. The van der Waals surface area contributed by atoms with Gasteiger partial charge in [0.05, 0.1) is 18.1 Å². The molecule has 0 unspecified atom stereocenters. The van der Waals surface area contributed by atoms with E-state index in [4.69, 9.17) is 0 Å². The van der Waals surface area contributed by atoms with E-state index in [1.54, 1.807) is 0 Å². The summed E-state index contributed by atoms with van der Waals surface area (Å²) in [6, 6.07) is 0. The highest BCUT2D eigenvalue weighted by atomic mass is 32.2. The number of hydrogen-bond acceptors (Lipinski definition) is 7. The van der Waals surface area contributed by atoms with Gasteiger partial charge in [-0.15, -0.1) is 0 Å². The van der Waals surface area contributed by atoms with Crippen molar-refractivity contribution >= 4 is 15.8 Å². The number of anilines is 1. The fourth-order valence-corrected chi connectivity index (χ4v) is 4.08. The summed E-state index contributed by atoms with van der Waals surface area (Å²) in [5.41, 5.74) is 2.80. The van der Waals surface area contributed by atoms with Crippen LogP contribution < -0.4 is 10.2 Å². The van der Waals surface area contributed by atoms with E-state index in [2.05, 4.69) is 20.4 Å². The molecule has 3 heterocycles. The second-order valence-corrected chi connectivity index (χ2v) is 8.95. The van der Waals surface area contributed by atoms with Gasteiger partial charge in [-0.05, 0) is 26.3 Å². The zero-order valence-electron chi connectivity index (χ0n) is 15.7. The summed E-state index contributed by atoms with van der Waals surface area (Å²) in [5.74, 6) is 0.616. The first kappa shape index (κ1) is 18.8. The SMILES string of the molecule is Cc1c(CN(C)c2ncc(S(C)(=O)=O)c([C@@H]3CCCNC3)n2)cnn1C. The molecule has 26 heavy (non-hydrogen) atoms. The highest BCUT2D eigenvalue weighted by molar-refractivity contribution is 7.90. The molecule has 0 radical (unpaired) electrons. The monoisotopic (exact) mass is 378 g/mol. The van der Waals surface area contributed by atoms with Crippen LogP contribution in [0, 0.1) is 6.92 Å². The lowest BCUT2D eigenvalue weighted by atomic mass is 9.96. The first-order chi connectivity index (χ1) is 12.3. The summed E-state index contributed by atoms with van der Waals surface area (Å²) in [7, 11) is 0.443. The lowest BCUT2D eigenvalue weighted by molar-refractivity contribution is 0.447. The summed E-state index contributed by atoms with van der Waals surface area (Å²) in [5, 5.41) is 7.59. The molecule has 1 aliphatic heterocycles. The van der Waals surface area contributed by atoms with Gasteiger partial charge in [-0.3, -0.25) is 4.68 Å². The molecule has 0 amide bonds. The Morgan fingerprint density at radius 2 is 2.15 bits per heavy atom. The lowest BCUT2D eigenvalue weighted by Gasteiger charge is -2.25. The molecule has 0 spiro atoms. The molecule has 2 aromatic rings. The fourth-order valence-electron chi connectivity index (χ4n) is 3.25. The lowest BCUT2D eigenvalue weighted by Crippen LogP contribution is -2.30. The smallest absolute Gasteiger partial charge is 0.225 e. The molecular formula is C17H26N6O2S. The molecule has 0 saturated carbocycles. The van der Waals surface area contributed by atoms with Gasteiger partial charge in [0.2, 0.25) is 5.95 Å². The van der Waals surface area contributed by atoms with Crippen molar-refractivity contribution < 1.29 is 8.42 Å². The minimum Gasteiger partial charge on any atom is -0.339 e. The van der Waals surface area contributed by atoms with Crippen molar-refractivity contribution in [3.05, 3.63) is 29.3 Å². The van der Waals surface area contributed by atoms with Gasteiger partial charge in [-0.25, -0.2) is 18.4 Å². The molecule has 1 atom stereocenters. The maximum Gasteiger partial charge on any atom is 0.225 e. The van der Waals surface area contributed by atoms with Crippen LogP contribution in [0.1, 0.15) is 35.7 Å². The van der Waals surface area contributed by atoms with Crippen LogP contribution in [0.2, 0.25) is 0 Å². The van der Waals surface area contributed by atoms with Crippen molar-refractivity contribution in [1.82, 2.24) is 25.1 Å². The van der Waals surface area contributed by atoms with Crippen molar-refractivity contribution in [2.24, 2.45) is 7.05 Å². The van der Waals surface area contributed by atoms with Crippen molar-refractivity contribution in [2.45, 2.75) is 37.1 Å². The van der Waals surface area contributed by atoms with Crippen LogP contribution in [0.3, 0.4) is 0 Å². The Hall–Kier alpha value is -2.00. The fraction of sp³-hybridized carbons (Fsp3) is 0.588. The first-order valence-corrected chi connectivity index (χ1v) is 10.6. The Labute approximate surface area is 154 Å². The quantitative estimate of drug-likeness (QED) is 0.830. The number of rotatable bonds is 5. The number of nitrogens with zero attached hydrogens (tertiary/aromatic N) is 5. The van der Waals surface area contributed by atoms with E-state index < -0.39 is 9.84 Å². The average molecular weight is 379 g/mol. The Kier molecular flexibility index (Phi) is 5.29. The number of sulfone groups is 1. The van der Waals surface area contributed by atoms with Gasteiger partial charge in [0, 0.05) is 50.6 Å². The third kappa shape index (κ3) is 3.88. The Bertz CT molecular complexity index is 887. The van der Waals surface area contributed by atoms with E-state index in [-0.39, 0.29) is 10.8 Å². The minimum atomic E-state index is -3.37. The molecule has 3 rings (SSSR count). The molecule has 1 fully saturated rings. The zero-order chi connectivity index (χ0) is 18.9. The summed E-state index contributed by atoms with van der Waals surface area (Å²) < 4.78 is 26.2. The Morgan fingerprint density at radius 3 is 2.73 bits per heavy atom. The van der Waals surface area contributed by atoms with Gasteiger partial charge in [0.25, 0.3) is 0 Å². The number of aromatic nitrogens is 4. The van der Waals surface area contributed by atoms with E-state index in [1.807, 2.05) is 36.8 Å². The van der Waals surface area contributed by atoms with Crippen molar-refractivity contribution in [3.63, 3.8) is 0 Å². The number of hydrogen-bond donors (Lipinski definition) is 1. The summed E-state index contributed by atoms with van der Waals surface area (Å²) in [6.07, 6.45) is 6.44. The molecule has 0 bridgehead atoms. The molecule has 2 aromatic heterocycles. The molecule has 0 aliphatic carbocycles. The number of aryl methyl sites for hydroxylation is 1. The normalized spacial score (nSPS) is 18.1. The average Bonchev–Trinajstić information content (AvgIpc) is 2.93. The van der Waals surface area contributed by atoms with Gasteiger partial charge in [0.1, 0.15) is 4.90 Å². The maximum atomic E-state index is 12.2.